The van der Waals surface area contributed by atoms with Gasteiger partial charge in [-0.1, -0.05) is 49.4 Å². The fraction of sp³-hybridized carbons (Fsp3) is 0.100. The van der Waals surface area contributed by atoms with Crippen LogP contribution >= 0.6 is 0 Å². The molecule has 0 bridgehead atoms. The summed E-state index contributed by atoms with van der Waals surface area (Å²) in [7, 11) is 0. The van der Waals surface area contributed by atoms with Crippen molar-refractivity contribution < 1.29 is 9.59 Å². The number of rotatable bonds is 4. The summed E-state index contributed by atoms with van der Waals surface area (Å²) in [5.74, 6) is -0.291. The Balaban J connectivity index is 1.84. The van der Waals surface area contributed by atoms with Crippen LogP contribution < -0.4 is 10.6 Å². The molecule has 0 aliphatic carbocycles. The number of benzene rings is 3. The number of nitrogens with one attached hydrogen (secondary N) is 2. The van der Waals surface area contributed by atoms with E-state index in [4.69, 9.17) is 0 Å². The van der Waals surface area contributed by atoms with Crippen molar-refractivity contribution in [3.8, 4) is 0 Å². The maximum atomic E-state index is 12.5. The first-order chi connectivity index (χ1) is 11.7. The monoisotopic (exact) mass is 318 g/mol. The Labute approximate surface area is 140 Å². The first-order valence-electron chi connectivity index (χ1n) is 7.86. The van der Waals surface area contributed by atoms with E-state index in [1.807, 2.05) is 42.5 Å². The predicted octanol–water partition coefficient (Wildman–Crippen LogP) is 4.44. The molecule has 3 rings (SSSR count). The van der Waals surface area contributed by atoms with Gasteiger partial charge in [-0.3, -0.25) is 9.59 Å². The van der Waals surface area contributed by atoms with Gasteiger partial charge in [-0.2, -0.15) is 0 Å². The highest BCUT2D eigenvalue weighted by atomic mass is 16.2. The van der Waals surface area contributed by atoms with Gasteiger partial charge in [0.05, 0.1) is 0 Å². The molecule has 3 aromatic rings. The summed E-state index contributed by atoms with van der Waals surface area (Å²) in [6.45, 7) is 1.78. The maximum absolute atomic E-state index is 12.5. The van der Waals surface area contributed by atoms with Gasteiger partial charge in [0.1, 0.15) is 0 Å². The van der Waals surface area contributed by atoms with E-state index in [0.29, 0.717) is 17.7 Å². The minimum atomic E-state index is -0.209. The molecule has 0 radical (unpaired) electrons. The largest absolute Gasteiger partial charge is 0.326 e. The van der Waals surface area contributed by atoms with Crippen molar-refractivity contribution in [3.05, 3.63) is 72.3 Å². The van der Waals surface area contributed by atoms with E-state index >= 15 is 0 Å². The summed E-state index contributed by atoms with van der Waals surface area (Å²) < 4.78 is 0. The van der Waals surface area contributed by atoms with Crippen molar-refractivity contribution in [2.75, 3.05) is 10.6 Å². The molecule has 0 saturated carbocycles. The quantitative estimate of drug-likeness (QED) is 0.747. The highest BCUT2D eigenvalue weighted by molar-refractivity contribution is 6.09. The molecule has 0 aliphatic rings. The van der Waals surface area contributed by atoms with Crippen LogP contribution in [0.3, 0.4) is 0 Å². The van der Waals surface area contributed by atoms with Crippen molar-refractivity contribution >= 4 is 34.0 Å². The van der Waals surface area contributed by atoms with Gasteiger partial charge in [-0.05, 0) is 29.7 Å². The lowest BCUT2D eigenvalue weighted by Gasteiger charge is -2.10. The molecule has 4 heteroatoms. The molecular weight excluding hydrogens is 300 g/mol. The average molecular weight is 318 g/mol. The third-order valence-corrected chi connectivity index (χ3v) is 3.77. The molecular formula is C20H18N2O2. The third-order valence-electron chi connectivity index (χ3n) is 3.77. The van der Waals surface area contributed by atoms with Crippen molar-refractivity contribution in [2.24, 2.45) is 0 Å². The highest BCUT2D eigenvalue weighted by Gasteiger charge is 2.09. The van der Waals surface area contributed by atoms with Crippen LogP contribution in [0.2, 0.25) is 0 Å². The summed E-state index contributed by atoms with van der Waals surface area (Å²) in [4.78, 5) is 24.0. The first-order valence-corrected chi connectivity index (χ1v) is 7.86. The van der Waals surface area contributed by atoms with Crippen LogP contribution in [0.5, 0.6) is 0 Å². The maximum Gasteiger partial charge on any atom is 0.255 e. The standard InChI is InChI=1S/C20H18N2O2/c1-2-19(23)21-16-10-5-9-15(13-16)20(24)22-18-12-6-8-14-7-3-4-11-17(14)18/h3-13H,2H2,1H3,(H,21,23)(H,22,24). The van der Waals surface area contributed by atoms with Crippen LogP contribution in [0.4, 0.5) is 11.4 Å². The summed E-state index contributed by atoms with van der Waals surface area (Å²) in [6, 6.07) is 20.6. The van der Waals surface area contributed by atoms with Crippen LogP contribution in [0.25, 0.3) is 10.8 Å². The third kappa shape index (κ3) is 3.43. The zero-order chi connectivity index (χ0) is 16.9. The van der Waals surface area contributed by atoms with Gasteiger partial charge >= 0.3 is 0 Å². The van der Waals surface area contributed by atoms with E-state index in [9.17, 15) is 9.59 Å². The van der Waals surface area contributed by atoms with Crippen molar-refractivity contribution in [1.82, 2.24) is 0 Å². The lowest BCUT2D eigenvalue weighted by molar-refractivity contribution is -0.115. The number of amides is 2. The Bertz CT molecular complexity index is 898. The summed E-state index contributed by atoms with van der Waals surface area (Å²) in [5.41, 5.74) is 1.88. The van der Waals surface area contributed by atoms with E-state index < -0.39 is 0 Å². The molecule has 0 fully saturated rings. The van der Waals surface area contributed by atoms with Gasteiger partial charge in [-0.15, -0.1) is 0 Å². The molecule has 0 unspecified atom stereocenters. The average Bonchev–Trinajstić information content (AvgIpc) is 2.62. The van der Waals surface area contributed by atoms with Gasteiger partial charge in [0.2, 0.25) is 5.91 Å². The second-order valence-corrected chi connectivity index (χ2v) is 5.46. The molecule has 0 aromatic heterocycles. The number of hydrogen-bond acceptors (Lipinski definition) is 2. The Morgan fingerprint density at radius 1 is 0.875 bits per heavy atom. The van der Waals surface area contributed by atoms with E-state index in [1.54, 1.807) is 31.2 Å². The fourth-order valence-corrected chi connectivity index (χ4v) is 2.52. The number of hydrogen-bond donors (Lipinski definition) is 2. The SMILES string of the molecule is CCC(=O)Nc1cccc(C(=O)Nc2cccc3ccccc23)c1. The summed E-state index contributed by atoms with van der Waals surface area (Å²) in [5, 5.41) is 7.76. The first kappa shape index (κ1) is 15.7. The normalized spacial score (nSPS) is 10.4. The second kappa shape index (κ2) is 6.96. The molecule has 4 nitrogen and oxygen atoms in total. The van der Waals surface area contributed by atoms with Gasteiger partial charge in [0, 0.05) is 28.7 Å². The van der Waals surface area contributed by atoms with Crippen LogP contribution in [0, 0.1) is 0 Å². The van der Waals surface area contributed by atoms with Gasteiger partial charge in [0.15, 0.2) is 0 Å². The Hall–Kier alpha value is -3.14. The van der Waals surface area contributed by atoms with Gasteiger partial charge in [-0.25, -0.2) is 0 Å². The molecule has 0 spiro atoms. The molecule has 0 saturated heterocycles. The Morgan fingerprint density at radius 3 is 2.46 bits per heavy atom. The molecule has 120 valence electrons. The summed E-state index contributed by atoms with van der Waals surface area (Å²) in [6.07, 6.45) is 0.395. The minimum absolute atomic E-state index is 0.0818. The topological polar surface area (TPSA) is 58.2 Å². The summed E-state index contributed by atoms with van der Waals surface area (Å²) >= 11 is 0. The van der Waals surface area contributed by atoms with Crippen molar-refractivity contribution in [3.63, 3.8) is 0 Å². The number of anilines is 2. The molecule has 24 heavy (non-hydrogen) atoms. The highest BCUT2D eigenvalue weighted by Crippen LogP contribution is 2.23. The second-order valence-electron chi connectivity index (χ2n) is 5.46. The molecule has 0 atom stereocenters. The van der Waals surface area contributed by atoms with E-state index in [0.717, 1.165) is 16.5 Å². The molecule has 0 aliphatic heterocycles. The smallest absolute Gasteiger partial charge is 0.255 e. The van der Waals surface area contributed by atoms with Gasteiger partial charge in [0.25, 0.3) is 5.91 Å². The Kier molecular flexibility index (Phi) is 4.57. The number of carbonyl (C=O) groups excluding carboxylic acids is 2. The van der Waals surface area contributed by atoms with Crippen molar-refractivity contribution in [1.29, 1.82) is 0 Å². The Morgan fingerprint density at radius 2 is 1.62 bits per heavy atom. The van der Waals surface area contributed by atoms with Crippen LogP contribution in [0.15, 0.2) is 66.7 Å². The van der Waals surface area contributed by atoms with E-state index in [1.165, 1.54) is 0 Å². The molecule has 2 amide bonds. The van der Waals surface area contributed by atoms with E-state index in [2.05, 4.69) is 10.6 Å². The lowest BCUT2D eigenvalue weighted by Crippen LogP contribution is -2.14. The molecule has 3 aromatic carbocycles. The van der Waals surface area contributed by atoms with Crippen LogP contribution in [-0.2, 0) is 4.79 Å². The number of fused-ring (bicyclic) bond motifs is 1. The zero-order valence-corrected chi connectivity index (χ0v) is 13.4. The zero-order valence-electron chi connectivity index (χ0n) is 13.4. The van der Waals surface area contributed by atoms with Crippen LogP contribution in [-0.4, -0.2) is 11.8 Å². The van der Waals surface area contributed by atoms with Crippen LogP contribution in [0.1, 0.15) is 23.7 Å². The molecule has 2 N–H and O–H groups in total. The van der Waals surface area contributed by atoms with Gasteiger partial charge < -0.3 is 10.6 Å². The minimum Gasteiger partial charge on any atom is -0.326 e. The predicted molar refractivity (Wildman–Crippen MR) is 97.3 cm³/mol. The number of carbonyl (C=O) groups is 2. The van der Waals surface area contributed by atoms with E-state index in [-0.39, 0.29) is 11.8 Å². The lowest BCUT2D eigenvalue weighted by atomic mass is 10.1. The van der Waals surface area contributed by atoms with Crippen molar-refractivity contribution in [2.45, 2.75) is 13.3 Å². The molecule has 0 heterocycles. The fourth-order valence-electron chi connectivity index (χ4n) is 2.52.